The van der Waals surface area contributed by atoms with Crippen molar-refractivity contribution in [2.45, 2.75) is 95.2 Å². The fraction of sp³-hybridized carbons (Fsp3) is 0.263. The van der Waals surface area contributed by atoms with E-state index in [4.69, 9.17) is 40.5 Å². The van der Waals surface area contributed by atoms with Crippen LogP contribution in [0.2, 0.25) is 15.1 Å². The summed E-state index contributed by atoms with van der Waals surface area (Å²) in [5, 5.41) is 19.8. The number of phenolic OH excluding ortho intramolecular Hbond substituents is 1. The van der Waals surface area contributed by atoms with Crippen molar-refractivity contribution in [2.75, 3.05) is 144 Å². The number of fused-ring (bicyclic) bond motifs is 2. The predicted molar refractivity (Wildman–Crippen MR) is 564 cm³/mol. The van der Waals surface area contributed by atoms with Crippen LogP contribution in [0.1, 0.15) is 58.0 Å². The van der Waals surface area contributed by atoms with Gasteiger partial charge >= 0.3 is 0 Å². The number of anilines is 12. The third-order valence-electron chi connectivity index (χ3n) is 25.2. The number of carbonyl (C=O) groups is 4. The highest BCUT2D eigenvalue weighted by Gasteiger charge is 2.45. The average Bonchev–Trinajstić information content (AvgIpc) is 1.61. The number of benzene rings is 9. The van der Waals surface area contributed by atoms with Crippen LogP contribution in [0.3, 0.4) is 0 Å². The molecule has 6 fully saturated rings. The topological polar surface area (TPSA) is 377 Å². The van der Waals surface area contributed by atoms with Gasteiger partial charge in [-0.05, 0) is 231 Å². The molecule has 0 aliphatic carbocycles. The summed E-state index contributed by atoms with van der Waals surface area (Å²) in [5.41, 5.74) is 15.0. The number of carbonyl (C=O) groups excluding carboxylic acids is 4. The molecule has 4 aromatic heterocycles. The first-order valence-corrected chi connectivity index (χ1v) is 54.5. The van der Waals surface area contributed by atoms with Gasteiger partial charge in [-0.2, -0.15) is 0 Å². The molecule has 31 nitrogen and oxygen atoms in total. The number of aromatic nitrogens is 4. The van der Waals surface area contributed by atoms with Crippen LogP contribution in [-0.2, 0) is 73.2 Å². The molecule has 140 heavy (non-hydrogen) atoms. The third-order valence-corrected chi connectivity index (χ3v) is 33.7. The predicted octanol–water partition coefficient (Wildman–Crippen LogP) is 18.3. The lowest BCUT2D eigenvalue weighted by Crippen LogP contribution is -2.56. The van der Waals surface area contributed by atoms with Gasteiger partial charge in [-0.1, -0.05) is 59.1 Å². The van der Waals surface area contributed by atoms with Gasteiger partial charge in [0, 0.05) is 218 Å². The zero-order valence-corrected chi connectivity index (χ0v) is 83.4. The van der Waals surface area contributed by atoms with Crippen LogP contribution < -0.4 is 59.1 Å². The van der Waals surface area contributed by atoms with Gasteiger partial charge < -0.3 is 54.6 Å². The van der Waals surface area contributed by atoms with E-state index in [0.29, 0.717) is 139 Å². The molecule has 0 bridgehead atoms. The molecule has 4 amide bonds. The van der Waals surface area contributed by atoms with Crippen LogP contribution in [0.15, 0.2) is 254 Å². The molecule has 21 rings (SSSR count). The van der Waals surface area contributed by atoms with Crippen LogP contribution in [0.4, 0.5) is 79.2 Å². The SMILES string of the molecule is C[C@H]1CN([C@@H]2CCN(c3ccc(S(=O)[O-])cc3)C2=O)CCN1c1cc(Cl)cc(Cl)c1.Nc1nccs1.O=C1[C@@H](N2CCN(c3ccc(F)cc3F)CC2)CCN1c1ccc(S(=O)(=O)Nc2nccs2)cc1.O=C1[C@@H](N2CCc3c(-c4ccc(F)c(Cl)c4)cccc32)CCN1c1ccc(S(=O)(=O)Nc2nccs2)cc1.O=C1[C@@H](N2CCc3c(O)cccc32)CCN1c1ccc(S(=O)(=O)Nc2nccs2)cc1.[HH].[HH].[HH].[HH].[HH].[HH].[HH].[HH].[HH].[HH]. The number of thiazole rings is 4. The number of nitrogens with zero attached hydrogens (tertiary/aromatic N) is 14. The Morgan fingerprint density at radius 3 is 1.30 bits per heavy atom. The molecule has 6 saturated heterocycles. The second-order valence-corrected chi connectivity index (χ2v) is 44.3. The molecule has 0 saturated carbocycles. The largest absolute Gasteiger partial charge is 0.768 e. The molecule has 6 N–H and O–H groups in total. The molecule has 6 atom stereocenters. The molecular formula is C95H111Cl3F3N18O13S8-. The van der Waals surface area contributed by atoms with Crippen LogP contribution in [0, 0.1) is 17.5 Å². The zero-order chi connectivity index (χ0) is 98.4. The quantitative estimate of drug-likeness (QED) is 0.0417. The van der Waals surface area contributed by atoms with Crippen LogP contribution >= 0.6 is 80.1 Å². The van der Waals surface area contributed by atoms with E-state index in [1.807, 2.05) is 46.7 Å². The summed E-state index contributed by atoms with van der Waals surface area (Å²) >= 11 is 21.1. The van der Waals surface area contributed by atoms with Crippen molar-refractivity contribution >= 4 is 211 Å². The number of phenols is 1. The molecule has 13 aromatic rings. The Morgan fingerprint density at radius 1 is 0.443 bits per heavy atom. The molecule has 8 aliphatic heterocycles. The molecular weight excluding hydrogens is 2020 g/mol. The van der Waals surface area contributed by atoms with Crippen LogP contribution in [0.5, 0.6) is 5.75 Å². The summed E-state index contributed by atoms with van der Waals surface area (Å²) in [5.74, 6) is -1.40. The molecule has 750 valence electrons. The average molecular weight is 2130 g/mol. The number of aromatic hydroxyl groups is 1. The highest BCUT2D eigenvalue weighted by molar-refractivity contribution is 7.93. The fourth-order valence-corrected chi connectivity index (χ4v) is 25.3. The van der Waals surface area contributed by atoms with E-state index in [9.17, 15) is 71.5 Å². The molecule has 8 aliphatic rings. The standard InChI is InChI=1S/C27H22ClFN4O3S2.C23H23F2N5O3S2.C21H23Cl2N3O3S.C21H20N4O4S2.C3H4N2S.10H2/c28-22-16-17(4-9-23(22)29)20-2-1-3-24-21(20)10-13-33(24)25-11-14-32(26(25)34)18-5-7-19(8-6-18)38(35,36)31-27-30-12-15-37-27;24-16-1-6-20(19(25)15-16)28-10-12-29(13-11-28)21-7-9-30(22(21)31)17-2-4-18(5-3-17)35(32,33)27-23-26-8-14-34-23;1-14-13-24(8-9-25(14)18-11-15(22)10-16(23)12-18)20-6-7-26(21(20)27)17-2-4-19(5-3-17)30(28)29;26-19-3-1-2-17-16(19)8-11-25(17)18-9-12-24(20(18)27)14-4-6-15(7-5-14)31(28,29)23-21-22-10-13-30-21;4-3-5-1-2-6-3;;;;;;;;;;/h1-9,12,15-16,25H,10-11,13-14H2,(H,30,31);1-6,8,14-15,21H,7,9-13H2,(H,26,27);2-5,10-12,14,20H,6-9,13H2,1H3,(H,28,29);1-7,10,13,18,26H,8-9,11-12H2,(H,22,23);1-2H,(H2,4,5);10*1H/p-1/t25-;21-;14-,20+;18-;;;;;;;;;;;/m0000.........../s1. The minimum Gasteiger partial charge on any atom is -0.768 e. The van der Waals surface area contributed by atoms with Crippen molar-refractivity contribution in [3.8, 4) is 16.9 Å². The van der Waals surface area contributed by atoms with Crippen molar-refractivity contribution in [3.63, 3.8) is 0 Å². The molecule has 1 unspecified atom stereocenters. The number of halogens is 6. The van der Waals surface area contributed by atoms with Gasteiger partial charge in [0.05, 0.1) is 37.5 Å². The number of nitrogens with two attached hydrogens (primary N) is 1. The van der Waals surface area contributed by atoms with Gasteiger partial charge in [0.25, 0.3) is 30.1 Å². The van der Waals surface area contributed by atoms with E-state index in [1.165, 1.54) is 131 Å². The lowest BCUT2D eigenvalue weighted by molar-refractivity contribution is -0.122. The highest BCUT2D eigenvalue weighted by Crippen LogP contribution is 2.44. The Morgan fingerprint density at radius 2 is 0.871 bits per heavy atom. The Hall–Kier alpha value is -11.9. The maximum atomic E-state index is 14.1. The molecule has 9 aromatic carbocycles. The van der Waals surface area contributed by atoms with Gasteiger partial charge in [0.1, 0.15) is 35.3 Å². The van der Waals surface area contributed by atoms with Crippen molar-refractivity contribution in [3.05, 3.63) is 278 Å². The van der Waals surface area contributed by atoms with E-state index in [0.717, 1.165) is 83.5 Å². The van der Waals surface area contributed by atoms with Crippen molar-refractivity contribution in [1.82, 2.24) is 29.7 Å². The number of hydrogen-bond donors (Lipinski definition) is 5. The minimum atomic E-state index is -3.77. The minimum absolute atomic E-state index is 0. The Bertz CT molecular complexity index is 7080. The van der Waals surface area contributed by atoms with Crippen LogP contribution in [0.25, 0.3) is 11.1 Å². The number of amides is 4. The monoisotopic (exact) mass is 2130 g/mol. The molecule has 0 radical (unpaired) electrons. The van der Waals surface area contributed by atoms with Gasteiger partial charge in [-0.3, -0.25) is 47.4 Å². The van der Waals surface area contributed by atoms with Gasteiger partial charge in [0.2, 0.25) is 23.6 Å². The summed E-state index contributed by atoms with van der Waals surface area (Å²) in [4.78, 5) is 88.5. The second-order valence-electron chi connectivity index (χ2n) is 33.5. The summed E-state index contributed by atoms with van der Waals surface area (Å²) in [6.45, 7) is 10.3. The van der Waals surface area contributed by atoms with Gasteiger partial charge in [-0.25, -0.2) is 58.4 Å². The molecule has 45 heteroatoms. The number of sulfonamides is 3. The van der Waals surface area contributed by atoms with E-state index in [1.54, 1.807) is 121 Å². The van der Waals surface area contributed by atoms with Crippen LogP contribution in [-0.4, -0.2) is 208 Å². The first-order valence-electron chi connectivity index (χ1n) is 44.3. The molecule has 0 spiro atoms. The maximum Gasteiger partial charge on any atom is 0.263 e. The van der Waals surface area contributed by atoms with E-state index >= 15 is 0 Å². The summed E-state index contributed by atoms with van der Waals surface area (Å²) in [6, 6.07) is 49.6. The number of nitrogen functional groups attached to an aromatic ring is 1. The highest BCUT2D eigenvalue weighted by atomic mass is 35.5. The third kappa shape index (κ3) is 22.5. The van der Waals surface area contributed by atoms with Gasteiger partial charge in [0.15, 0.2) is 20.5 Å². The van der Waals surface area contributed by atoms with Gasteiger partial charge in [-0.15, -0.1) is 45.3 Å². The summed E-state index contributed by atoms with van der Waals surface area (Å²) in [7, 11) is -11.3. The van der Waals surface area contributed by atoms with E-state index < -0.39 is 58.6 Å². The molecule has 12 heterocycles. The number of nitrogens with one attached hydrogen (secondary N) is 3. The van der Waals surface area contributed by atoms with Crippen molar-refractivity contribution < 1.29 is 85.7 Å². The fourth-order valence-electron chi connectivity index (χ4n) is 18.5. The van der Waals surface area contributed by atoms with E-state index in [2.05, 4.69) is 65.5 Å². The number of piperazine rings is 2. The van der Waals surface area contributed by atoms with Crippen molar-refractivity contribution in [1.29, 1.82) is 0 Å². The second kappa shape index (κ2) is 43.3. The van der Waals surface area contributed by atoms with Crippen molar-refractivity contribution in [2.24, 2.45) is 0 Å². The summed E-state index contributed by atoms with van der Waals surface area (Å²) < 4.78 is 146. The lowest BCUT2D eigenvalue weighted by Gasteiger charge is -2.43. The number of rotatable bonds is 21. The normalized spacial score (nSPS) is 19.1. The summed E-state index contributed by atoms with van der Waals surface area (Å²) in [6.07, 6.45) is 10.4. The first kappa shape index (κ1) is 99.7. The van der Waals surface area contributed by atoms with E-state index in [-0.39, 0.29) is 104 Å². The Balaban J connectivity index is 0.000000260. The first-order chi connectivity index (χ1) is 67.3. The smallest absolute Gasteiger partial charge is 0.263 e. The number of hydrogen-bond acceptors (Lipinski definition) is 28. The Kier molecular flexibility index (Phi) is 30.8. The maximum absolute atomic E-state index is 14.1. The lowest BCUT2D eigenvalue weighted by atomic mass is 9.98. The Labute approximate surface area is 854 Å². The zero-order valence-electron chi connectivity index (χ0n) is 74.6.